The lowest BCUT2D eigenvalue weighted by Gasteiger charge is -2.21. The highest BCUT2D eigenvalue weighted by atomic mass is 15.2. The van der Waals surface area contributed by atoms with Crippen LogP contribution >= 0.6 is 0 Å². The van der Waals surface area contributed by atoms with E-state index in [2.05, 4.69) is 32.7 Å². The third-order valence-electron chi connectivity index (χ3n) is 3.41. The van der Waals surface area contributed by atoms with Gasteiger partial charge in [0.25, 0.3) is 0 Å². The first-order valence-corrected chi connectivity index (χ1v) is 6.84. The van der Waals surface area contributed by atoms with Crippen LogP contribution in [0.3, 0.4) is 0 Å². The predicted molar refractivity (Wildman–Crippen MR) is 79.7 cm³/mol. The monoisotopic (exact) mass is 261 g/mol. The van der Waals surface area contributed by atoms with E-state index in [1.807, 2.05) is 14.0 Å². The zero-order valence-corrected chi connectivity index (χ0v) is 12.0. The largest absolute Gasteiger partial charge is 0.359 e. The maximum absolute atomic E-state index is 4.71. The van der Waals surface area contributed by atoms with Crippen LogP contribution in [-0.2, 0) is 6.54 Å². The molecule has 0 saturated carbocycles. The van der Waals surface area contributed by atoms with Crippen LogP contribution in [0.15, 0.2) is 17.1 Å². The quantitative estimate of drug-likeness (QED) is 0.636. The summed E-state index contributed by atoms with van der Waals surface area (Å²) in [7, 11) is 3.64. The first-order valence-electron chi connectivity index (χ1n) is 6.84. The van der Waals surface area contributed by atoms with Gasteiger partial charge in [-0.2, -0.15) is 0 Å². The minimum atomic E-state index is 0.743. The Balaban J connectivity index is 2.14. The van der Waals surface area contributed by atoms with Crippen LogP contribution < -0.4 is 15.5 Å². The Bertz CT molecular complexity index is 449. The SMILES string of the molecule is CN=C(NC)NCc1ccc(C)nc1N1CCCC1. The van der Waals surface area contributed by atoms with E-state index in [9.17, 15) is 0 Å². The minimum Gasteiger partial charge on any atom is -0.359 e. The van der Waals surface area contributed by atoms with Crippen molar-refractivity contribution >= 4 is 11.8 Å². The van der Waals surface area contributed by atoms with E-state index >= 15 is 0 Å². The minimum absolute atomic E-state index is 0.743. The number of nitrogens with one attached hydrogen (secondary N) is 2. The molecule has 5 heteroatoms. The van der Waals surface area contributed by atoms with Crippen molar-refractivity contribution in [3.05, 3.63) is 23.4 Å². The van der Waals surface area contributed by atoms with Crippen molar-refractivity contribution in [3.63, 3.8) is 0 Å². The number of aryl methyl sites for hydroxylation is 1. The van der Waals surface area contributed by atoms with E-state index in [1.54, 1.807) is 7.05 Å². The number of pyridine rings is 1. The lowest BCUT2D eigenvalue weighted by Crippen LogP contribution is -2.34. The molecule has 19 heavy (non-hydrogen) atoms. The number of hydrogen-bond donors (Lipinski definition) is 2. The number of aliphatic imine (C=N–C) groups is 1. The Morgan fingerprint density at radius 3 is 2.74 bits per heavy atom. The predicted octanol–water partition coefficient (Wildman–Crippen LogP) is 1.29. The highest BCUT2D eigenvalue weighted by Gasteiger charge is 2.17. The summed E-state index contributed by atoms with van der Waals surface area (Å²) in [4.78, 5) is 11.2. The summed E-state index contributed by atoms with van der Waals surface area (Å²) in [5, 5.41) is 6.32. The number of hydrogen-bond acceptors (Lipinski definition) is 3. The summed E-state index contributed by atoms with van der Waals surface area (Å²) >= 11 is 0. The van der Waals surface area contributed by atoms with Gasteiger partial charge in [0, 0.05) is 45.0 Å². The molecule has 1 saturated heterocycles. The molecule has 1 aliphatic heterocycles. The van der Waals surface area contributed by atoms with Crippen LogP contribution in [0.5, 0.6) is 0 Å². The molecular weight excluding hydrogens is 238 g/mol. The van der Waals surface area contributed by atoms with Gasteiger partial charge < -0.3 is 15.5 Å². The van der Waals surface area contributed by atoms with Crippen LogP contribution in [0.1, 0.15) is 24.1 Å². The fourth-order valence-electron chi connectivity index (χ4n) is 2.37. The van der Waals surface area contributed by atoms with E-state index in [4.69, 9.17) is 4.98 Å². The number of nitrogens with zero attached hydrogens (tertiary/aromatic N) is 3. The highest BCUT2D eigenvalue weighted by molar-refractivity contribution is 5.79. The molecule has 0 amide bonds. The summed E-state index contributed by atoms with van der Waals surface area (Å²) in [6, 6.07) is 4.23. The van der Waals surface area contributed by atoms with Gasteiger partial charge in [-0.1, -0.05) is 6.07 Å². The van der Waals surface area contributed by atoms with Crippen molar-refractivity contribution in [1.29, 1.82) is 0 Å². The lowest BCUT2D eigenvalue weighted by atomic mass is 10.2. The molecule has 0 radical (unpaired) electrons. The first kappa shape index (κ1) is 13.6. The molecular formula is C14H23N5. The summed E-state index contributed by atoms with van der Waals surface area (Å²) in [5.41, 5.74) is 2.30. The van der Waals surface area contributed by atoms with Gasteiger partial charge in [-0.05, 0) is 25.8 Å². The topological polar surface area (TPSA) is 52.6 Å². The van der Waals surface area contributed by atoms with E-state index in [0.29, 0.717) is 0 Å². The van der Waals surface area contributed by atoms with Crippen molar-refractivity contribution in [2.24, 2.45) is 4.99 Å². The van der Waals surface area contributed by atoms with Gasteiger partial charge in [0.05, 0.1) is 0 Å². The van der Waals surface area contributed by atoms with E-state index in [0.717, 1.165) is 37.1 Å². The van der Waals surface area contributed by atoms with Crippen molar-refractivity contribution in [2.45, 2.75) is 26.3 Å². The first-order chi connectivity index (χ1) is 9.24. The molecule has 104 valence electrons. The molecule has 0 unspecified atom stereocenters. The lowest BCUT2D eigenvalue weighted by molar-refractivity contribution is 0.836. The molecule has 2 rings (SSSR count). The van der Waals surface area contributed by atoms with Crippen molar-refractivity contribution < 1.29 is 0 Å². The molecule has 2 heterocycles. The molecule has 1 aromatic rings. The van der Waals surface area contributed by atoms with E-state index in [1.165, 1.54) is 18.4 Å². The molecule has 2 N–H and O–H groups in total. The van der Waals surface area contributed by atoms with Crippen molar-refractivity contribution in [1.82, 2.24) is 15.6 Å². The van der Waals surface area contributed by atoms with Crippen molar-refractivity contribution in [2.75, 3.05) is 32.1 Å². The van der Waals surface area contributed by atoms with Gasteiger partial charge in [0.2, 0.25) is 0 Å². The van der Waals surface area contributed by atoms with Crippen LogP contribution in [0.4, 0.5) is 5.82 Å². The summed E-state index contributed by atoms with van der Waals surface area (Å²) in [6.07, 6.45) is 2.53. The molecule has 0 aliphatic carbocycles. The molecule has 1 fully saturated rings. The Morgan fingerprint density at radius 1 is 1.37 bits per heavy atom. The fourth-order valence-corrected chi connectivity index (χ4v) is 2.37. The molecule has 0 aromatic carbocycles. The zero-order valence-electron chi connectivity index (χ0n) is 12.0. The van der Waals surface area contributed by atoms with Crippen LogP contribution in [-0.4, -0.2) is 38.1 Å². The Hall–Kier alpha value is -1.78. The van der Waals surface area contributed by atoms with Gasteiger partial charge in [0.1, 0.15) is 5.82 Å². The summed E-state index contributed by atoms with van der Waals surface area (Å²) in [6.45, 7) is 5.02. The van der Waals surface area contributed by atoms with Crippen LogP contribution in [0.25, 0.3) is 0 Å². The number of aromatic nitrogens is 1. The summed E-state index contributed by atoms with van der Waals surface area (Å²) < 4.78 is 0. The average molecular weight is 261 g/mol. The third-order valence-corrected chi connectivity index (χ3v) is 3.41. The maximum atomic E-state index is 4.71. The second-order valence-electron chi connectivity index (χ2n) is 4.81. The van der Waals surface area contributed by atoms with Gasteiger partial charge in [-0.15, -0.1) is 0 Å². The van der Waals surface area contributed by atoms with Crippen LogP contribution in [0, 0.1) is 6.92 Å². The van der Waals surface area contributed by atoms with E-state index < -0.39 is 0 Å². The molecule has 0 spiro atoms. The maximum Gasteiger partial charge on any atom is 0.190 e. The second kappa shape index (κ2) is 6.41. The Morgan fingerprint density at radius 2 is 2.11 bits per heavy atom. The number of rotatable bonds is 3. The standard InChI is InChI=1S/C14H23N5/c1-11-6-7-12(10-17-14(15-2)16-3)13(18-11)19-8-4-5-9-19/h6-7H,4-5,8-10H2,1-3H3,(H2,15,16,17). The van der Waals surface area contributed by atoms with Gasteiger partial charge in [-0.25, -0.2) is 4.98 Å². The van der Waals surface area contributed by atoms with Gasteiger partial charge >= 0.3 is 0 Å². The fraction of sp³-hybridized carbons (Fsp3) is 0.571. The Labute approximate surface area is 115 Å². The number of anilines is 1. The second-order valence-corrected chi connectivity index (χ2v) is 4.81. The molecule has 1 aliphatic rings. The summed E-state index contributed by atoms with van der Waals surface area (Å²) in [5.74, 6) is 1.92. The normalized spacial score (nSPS) is 15.7. The molecule has 0 atom stereocenters. The van der Waals surface area contributed by atoms with Crippen LogP contribution in [0.2, 0.25) is 0 Å². The van der Waals surface area contributed by atoms with Gasteiger partial charge in [-0.3, -0.25) is 4.99 Å². The highest BCUT2D eigenvalue weighted by Crippen LogP contribution is 2.22. The van der Waals surface area contributed by atoms with Crippen molar-refractivity contribution in [3.8, 4) is 0 Å². The smallest absolute Gasteiger partial charge is 0.190 e. The zero-order chi connectivity index (χ0) is 13.7. The average Bonchev–Trinajstić information content (AvgIpc) is 2.95. The van der Waals surface area contributed by atoms with Gasteiger partial charge in [0.15, 0.2) is 5.96 Å². The third kappa shape index (κ3) is 3.36. The molecule has 5 nitrogen and oxygen atoms in total. The number of guanidine groups is 1. The van der Waals surface area contributed by atoms with E-state index in [-0.39, 0.29) is 0 Å². The molecule has 1 aromatic heterocycles. The molecule has 0 bridgehead atoms. The Kier molecular flexibility index (Phi) is 4.60.